The molecule has 0 aliphatic carbocycles. The summed E-state index contributed by atoms with van der Waals surface area (Å²) in [7, 11) is -5.32. The monoisotopic (exact) mass is 1710 g/mol. The summed E-state index contributed by atoms with van der Waals surface area (Å²) in [4.78, 5) is 60.6. The van der Waals surface area contributed by atoms with Crippen LogP contribution in [0.3, 0.4) is 0 Å². The number of anilines is 2. The fraction of sp³-hybridized carbons (Fsp3) is 0.636. The molecule has 0 radical (unpaired) electrons. The van der Waals surface area contributed by atoms with Crippen LogP contribution < -0.4 is 15.3 Å². The van der Waals surface area contributed by atoms with Crippen molar-refractivity contribution in [1.82, 2.24) is 78.5 Å². The third-order valence-electron chi connectivity index (χ3n) is 19.3. The zero-order chi connectivity index (χ0) is 80.2. The maximum absolute atomic E-state index is 12.8. The van der Waals surface area contributed by atoms with Crippen LogP contribution >= 0.6 is 22.6 Å². The van der Waals surface area contributed by atoms with E-state index >= 15 is 0 Å². The van der Waals surface area contributed by atoms with Crippen LogP contribution in [-0.2, 0) is 37.7 Å². The van der Waals surface area contributed by atoms with Gasteiger partial charge < -0.3 is 57.3 Å². The first-order valence-corrected chi connectivity index (χ1v) is 54.6. The normalized spacial score (nSPS) is 15.9. The number of hydrogen-bond acceptors (Lipinski definition) is 22. The largest absolute Gasteiger partial charge is 0.496 e. The highest BCUT2D eigenvalue weighted by Crippen LogP contribution is 2.38. The van der Waals surface area contributed by atoms with Crippen molar-refractivity contribution in [3.63, 3.8) is 0 Å². The van der Waals surface area contributed by atoms with E-state index in [0.717, 1.165) is 118 Å². The molecule has 0 spiro atoms. The number of amides is 2. The number of likely N-dealkylation sites (tertiary alicyclic amines) is 2. The summed E-state index contributed by atoms with van der Waals surface area (Å²) in [5.41, 5.74) is 4.50. The van der Waals surface area contributed by atoms with E-state index < -0.39 is 50.6 Å². The lowest BCUT2D eigenvalue weighted by Crippen LogP contribution is -2.41. The lowest BCUT2D eigenvalue weighted by atomic mass is 9.80. The second kappa shape index (κ2) is 38.2. The summed E-state index contributed by atoms with van der Waals surface area (Å²) >= 11 is 2.30. The van der Waals surface area contributed by atoms with Crippen LogP contribution in [0, 0.1) is 3.57 Å². The predicted octanol–water partition coefficient (Wildman–Crippen LogP) is 15.4. The van der Waals surface area contributed by atoms with Gasteiger partial charge in [-0.05, 0) is 160 Å². The molecule has 8 aromatic heterocycles. The second-order valence-corrected chi connectivity index (χ2v) is 60.3. The van der Waals surface area contributed by atoms with Gasteiger partial charge in [0.1, 0.15) is 75.1 Å². The summed E-state index contributed by atoms with van der Waals surface area (Å²) in [5, 5.41) is 17.8. The van der Waals surface area contributed by atoms with Gasteiger partial charge in [-0.3, -0.25) is 0 Å². The molecule has 2 amide bonds. The molecule has 0 unspecified atom stereocenters. The Labute approximate surface area is 676 Å². The molecule has 0 saturated carbocycles. The van der Waals surface area contributed by atoms with Crippen LogP contribution in [0.1, 0.15) is 126 Å². The molecule has 11 rings (SSSR count). The molecular weight excluding hydrogens is 1590 g/mol. The SMILES string of the molecule is C.CC(C)(C)OC(=O)N1CCC(c2cc(N(COCC[Si](C)(C)C)COCC[Si](C)(C)C)n3ncc(-c4ccc(-n5cncn5)nc4)c3n2)CC1.CC(C)(C)OC(=O)N1CCC(c2cc(N(COCC[Si](C)(C)C)COCC[Si](C)(C)C)n3ncc(I)c3n2)CC1.CC1(C)OB(c2ccc(-n3cncn3)nc2)OC1(C)C. The van der Waals surface area contributed by atoms with E-state index in [4.69, 9.17) is 52.8 Å². The van der Waals surface area contributed by atoms with E-state index in [1.807, 2.05) is 126 Å². The van der Waals surface area contributed by atoms with Gasteiger partial charge in [0.25, 0.3) is 0 Å². The van der Waals surface area contributed by atoms with Crippen LogP contribution in [0.15, 0.2) is 86.5 Å². The molecule has 28 nitrogen and oxygen atoms in total. The fourth-order valence-electron chi connectivity index (χ4n) is 11.9. The molecule has 111 heavy (non-hydrogen) atoms. The number of carbonyl (C=O) groups excluding carboxylic acids is 2. The summed E-state index contributed by atoms with van der Waals surface area (Å²) in [6.07, 6.45) is 16.2. The van der Waals surface area contributed by atoms with E-state index in [-0.39, 0.29) is 42.7 Å². The second-order valence-electron chi connectivity index (χ2n) is 36.7. The molecule has 3 aliphatic rings. The lowest BCUT2D eigenvalue weighted by Gasteiger charge is -2.33. The van der Waals surface area contributed by atoms with E-state index in [0.29, 0.717) is 78.0 Å². The van der Waals surface area contributed by atoms with Crippen LogP contribution in [0.2, 0.25) is 103 Å². The molecule has 0 N–H and O–H groups in total. The van der Waals surface area contributed by atoms with Crippen LogP contribution in [0.25, 0.3) is 34.1 Å². The minimum atomic E-state index is -1.27. The number of piperidine rings is 2. The fourth-order valence-corrected chi connectivity index (χ4v) is 15.4. The number of carbonyl (C=O) groups is 2. The number of nitrogens with zero attached hydrogens (tertiary/aromatic N) is 18. The minimum absolute atomic E-state index is 0. The van der Waals surface area contributed by atoms with Crippen molar-refractivity contribution in [2.75, 3.05) is 89.3 Å². The van der Waals surface area contributed by atoms with Crippen molar-refractivity contribution in [3.8, 4) is 22.8 Å². The van der Waals surface area contributed by atoms with Crippen molar-refractivity contribution in [2.24, 2.45) is 0 Å². The zero-order valence-corrected chi connectivity index (χ0v) is 75.6. The highest BCUT2D eigenvalue weighted by atomic mass is 127. The first-order chi connectivity index (χ1) is 51.5. The molecule has 3 fully saturated rings. The highest BCUT2D eigenvalue weighted by Gasteiger charge is 2.52. The Kier molecular flexibility index (Phi) is 31.0. The Bertz CT molecular complexity index is 4160. The standard InChI is InChI=1S/C35H55N9O4Si2.C28H50IN5O4Si2.C13H17BN4O2.CH4/c1-35(2,3)48-34(45)41-14-12-27(13-15-41)30-20-32(42(25-46-16-18-49(4,5)6)26-47-17-19-50(7,8)9)44-33(40-30)29(22-38-44)28-10-11-31(37-21-28)43-24-36-23-39-43;1-28(2,3)38-27(35)32-12-10-22(11-13-32)24-18-25(34-26(31-24)23(29)19-30-34)33(20-36-14-16-39(4,5)6)21-37-15-17-40(7,8)9;1-12(2)13(3,4)20-14(19-12)10-5-6-11(16-7-10)18-9-15-8-17-18;/h10-11,20-24,27H,12-19,25-26H2,1-9H3;18-19,22H,10-17,20-21H2,1-9H3;5-9H,1-4H3;1H4. The van der Waals surface area contributed by atoms with Gasteiger partial charge in [-0.15, -0.1) is 0 Å². The summed E-state index contributed by atoms with van der Waals surface area (Å²) in [6, 6.07) is 16.4. The van der Waals surface area contributed by atoms with Crippen molar-refractivity contribution in [2.45, 2.75) is 239 Å². The van der Waals surface area contributed by atoms with Gasteiger partial charge in [0, 0.05) is 149 Å². The molecule has 34 heteroatoms. The molecule has 3 saturated heterocycles. The average Bonchev–Trinajstić information content (AvgIpc) is 1.60. The van der Waals surface area contributed by atoms with Crippen LogP contribution in [0.5, 0.6) is 0 Å². The van der Waals surface area contributed by atoms with Gasteiger partial charge in [0.05, 0.1) is 27.2 Å². The Morgan fingerprint density at radius 2 is 0.910 bits per heavy atom. The quantitative estimate of drug-likeness (QED) is 0.0191. The average molecular weight is 1710 g/mol. The topological polar surface area (TPSA) is 269 Å². The predicted molar refractivity (Wildman–Crippen MR) is 459 cm³/mol. The van der Waals surface area contributed by atoms with Gasteiger partial charge in [0.15, 0.2) is 22.9 Å². The van der Waals surface area contributed by atoms with E-state index in [2.05, 4.69) is 158 Å². The molecule has 8 aromatic rings. The Balaban J connectivity index is 0.000000225. The van der Waals surface area contributed by atoms with Gasteiger partial charge in [-0.2, -0.15) is 29.4 Å². The number of ether oxygens (including phenoxy) is 6. The van der Waals surface area contributed by atoms with Gasteiger partial charge in [0.2, 0.25) is 0 Å². The van der Waals surface area contributed by atoms with Crippen LogP contribution in [0.4, 0.5) is 21.2 Å². The smallest absolute Gasteiger partial charge is 0.444 e. The van der Waals surface area contributed by atoms with Gasteiger partial charge in [-0.1, -0.05) is 92.1 Å². The van der Waals surface area contributed by atoms with Crippen molar-refractivity contribution in [1.29, 1.82) is 0 Å². The molecule has 0 atom stereocenters. The Morgan fingerprint density at radius 1 is 0.532 bits per heavy atom. The highest BCUT2D eigenvalue weighted by molar-refractivity contribution is 14.1. The number of hydrogen-bond donors (Lipinski definition) is 0. The first-order valence-electron chi connectivity index (χ1n) is 38.7. The molecule has 0 bridgehead atoms. The van der Waals surface area contributed by atoms with Gasteiger partial charge >= 0.3 is 19.3 Å². The maximum atomic E-state index is 12.8. The van der Waals surface area contributed by atoms with Crippen molar-refractivity contribution < 1.29 is 47.3 Å². The third kappa shape index (κ3) is 27.0. The van der Waals surface area contributed by atoms with Gasteiger partial charge in [-0.25, -0.2) is 48.9 Å². The van der Waals surface area contributed by atoms with E-state index in [1.54, 1.807) is 33.1 Å². The number of pyridine rings is 2. The Morgan fingerprint density at radius 3 is 1.26 bits per heavy atom. The zero-order valence-electron chi connectivity index (χ0n) is 69.5. The molecule has 0 aromatic carbocycles. The maximum Gasteiger partial charge on any atom is 0.496 e. The molecule has 11 heterocycles. The van der Waals surface area contributed by atoms with Crippen molar-refractivity contribution >= 4 is 103 Å². The molecule has 610 valence electrons. The number of fused-ring (bicyclic) bond motifs is 2. The van der Waals surface area contributed by atoms with E-state index in [1.165, 1.54) is 12.7 Å². The Hall–Kier alpha value is -6.62. The summed E-state index contributed by atoms with van der Waals surface area (Å²) < 4.78 is 56.3. The van der Waals surface area contributed by atoms with Crippen molar-refractivity contribution in [3.05, 3.63) is 101 Å². The minimum Gasteiger partial charge on any atom is -0.444 e. The summed E-state index contributed by atoms with van der Waals surface area (Å²) in [5.74, 6) is 3.57. The first kappa shape index (κ1) is 89.9. The molecular formula is C77H126BIN18O10Si4. The van der Waals surface area contributed by atoms with Crippen LogP contribution in [-0.4, -0.2) is 232 Å². The number of rotatable bonds is 28. The number of halogens is 1. The summed E-state index contributed by atoms with van der Waals surface area (Å²) in [6.45, 7) is 54.9. The number of aromatic nitrogens is 14. The lowest BCUT2D eigenvalue weighted by molar-refractivity contribution is 0.00578. The van der Waals surface area contributed by atoms with E-state index in [9.17, 15) is 9.59 Å². The third-order valence-corrected chi connectivity index (χ3v) is 26.9. The molecule has 3 aliphatic heterocycles.